The Morgan fingerprint density at radius 3 is 2.47 bits per heavy atom. The van der Waals surface area contributed by atoms with Crippen LogP contribution in [0.1, 0.15) is 23.7 Å². The minimum absolute atomic E-state index is 0.00347. The number of amides is 1. The summed E-state index contributed by atoms with van der Waals surface area (Å²) in [6.45, 7) is 1.94. The molecule has 4 nitrogen and oxygen atoms in total. The predicted molar refractivity (Wildman–Crippen MR) is 64.6 cm³/mol. The smallest absolute Gasteiger partial charge is 0.325 e. The molecule has 1 aromatic rings. The first-order valence-electron chi connectivity index (χ1n) is 5.80. The minimum Gasteiger partial charge on any atom is -0.468 e. The summed E-state index contributed by atoms with van der Waals surface area (Å²) in [5, 5.41) is 0. The van der Waals surface area contributed by atoms with E-state index in [1.165, 1.54) is 18.1 Å². The fraction of sp³-hybridized carbons (Fsp3) is 0.385. The predicted octanol–water partition coefficient (Wildman–Crippen LogP) is 1.99. The van der Waals surface area contributed by atoms with Crippen LogP contribution >= 0.6 is 0 Å². The van der Waals surface area contributed by atoms with Gasteiger partial charge in [0.2, 0.25) is 0 Å². The molecular weight excluding hydrogens is 256 g/mol. The maximum atomic E-state index is 13.1. The van der Waals surface area contributed by atoms with Crippen LogP contribution in [0.2, 0.25) is 0 Å². The fourth-order valence-electron chi connectivity index (χ4n) is 1.55. The van der Waals surface area contributed by atoms with Crippen molar-refractivity contribution in [2.45, 2.75) is 13.3 Å². The van der Waals surface area contributed by atoms with E-state index in [9.17, 15) is 18.4 Å². The largest absolute Gasteiger partial charge is 0.468 e. The van der Waals surface area contributed by atoms with E-state index in [0.717, 1.165) is 12.1 Å². The molecule has 0 bridgehead atoms. The molecule has 0 saturated heterocycles. The molecule has 1 amide bonds. The van der Waals surface area contributed by atoms with E-state index in [4.69, 9.17) is 0 Å². The highest BCUT2D eigenvalue weighted by Crippen LogP contribution is 2.11. The van der Waals surface area contributed by atoms with Gasteiger partial charge in [-0.05, 0) is 24.6 Å². The number of methoxy groups -OCH3 is 1. The van der Waals surface area contributed by atoms with Crippen molar-refractivity contribution in [3.8, 4) is 0 Å². The van der Waals surface area contributed by atoms with Gasteiger partial charge < -0.3 is 9.64 Å². The van der Waals surface area contributed by atoms with E-state index in [0.29, 0.717) is 13.0 Å². The molecule has 0 aliphatic rings. The van der Waals surface area contributed by atoms with Crippen molar-refractivity contribution >= 4 is 11.9 Å². The summed E-state index contributed by atoms with van der Waals surface area (Å²) in [5.41, 5.74) is -0.00347. The molecular formula is C13H15F2NO3. The standard InChI is InChI=1S/C13H15F2NO3/c1-3-6-16(8-12(17)19-2)13(18)9-4-5-10(14)11(15)7-9/h4-5,7H,3,6,8H2,1-2H3. The van der Waals surface area contributed by atoms with Crippen LogP contribution in [-0.2, 0) is 9.53 Å². The summed E-state index contributed by atoms with van der Waals surface area (Å²) < 4.78 is 30.4. The number of rotatable bonds is 5. The highest BCUT2D eigenvalue weighted by atomic mass is 19.2. The van der Waals surface area contributed by atoms with E-state index in [-0.39, 0.29) is 12.1 Å². The summed E-state index contributed by atoms with van der Waals surface area (Å²) in [4.78, 5) is 24.5. The van der Waals surface area contributed by atoms with Gasteiger partial charge in [-0.25, -0.2) is 8.78 Å². The Labute approximate surface area is 110 Å². The quantitative estimate of drug-likeness (QED) is 0.769. The summed E-state index contributed by atoms with van der Waals surface area (Å²) in [6, 6.07) is 2.88. The molecule has 0 spiro atoms. The Balaban J connectivity index is 2.91. The normalized spacial score (nSPS) is 10.1. The Morgan fingerprint density at radius 2 is 1.95 bits per heavy atom. The lowest BCUT2D eigenvalue weighted by Gasteiger charge is -2.20. The summed E-state index contributed by atoms with van der Waals surface area (Å²) >= 11 is 0. The molecule has 1 rings (SSSR count). The summed E-state index contributed by atoms with van der Waals surface area (Å²) in [7, 11) is 1.22. The molecule has 0 N–H and O–H groups in total. The molecule has 0 fully saturated rings. The molecule has 0 unspecified atom stereocenters. The van der Waals surface area contributed by atoms with Crippen molar-refractivity contribution in [3.63, 3.8) is 0 Å². The van der Waals surface area contributed by atoms with Crippen LogP contribution in [0.25, 0.3) is 0 Å². The zero-order valence-electron chi connectivity index (χ0n) is 10.8. The third kappa shape index (κ3) is 4.01. The average Bonchev–Trinajstić information content (AvgIpc) is 2.40. The van der Waals surface area contributed by atoms with Gasteiger partial charge in [0.25, 0.3) is 5.91 Å². The molecule has 0 aliphatic carbocycles. The van der Waals surface area contributed by atoms with Crippen molar-refractivity contribution < 1.29 is 23.1 Å². The Bertz CT molecular complexity index is 477. The first-order valence-corrected chi connectivity index (χ1v) is 5.80. The third-order valence-corrected chi connectivity index (χ3v) is 2.49. The lowest BCUT2D eigenvalue weighted by atomic mass is 10.2. The van der Waals surface area contributed by atoms with Gasteiger partial charge in [-0.15, -0.1) is 0 Å². The van der Waals surface area contributed by atoms with Crippen molar-refractivity contribution in [2.75, 3.05) is 20.2 Å². The van der Waals surface area contributed by atoms with Crippen molar-refractivity contribution in [1.82, 2.24) is 4.90 Å². The van der Waals surface area contributed by atoms with Gasteiger partial charge in [-0.3, -0.25) is 9.59 Å². The van der Waals surface area contributed by atoms with E-state index < -0.39 is 23.5 Å². The molecule has 19 heavy (non-hydrogen) atoms. The van der Waals surface area contributed by atoms with Crippen LogP contribution in [0.5, 0.6) is 0 Å². The number of esters is 1. The van der Waals surface area contributed by atoms with Crippen LogP contribution in [0.3, 0.4) is 0 Å². The van der Waals surface area contributed by atoms with Gasteiger partial charge in [-0.2, -0.15) is 0 Å². The van der Waals surface area contributed by atoms with Crippen LogP contribution in [0.15, 0.2) is 18.2 Å². The molecule has 0 atom stereocenters. The first-order chi connectivity index (χ1) is 8.99. The van der Waals surface area contributed by atoms with Crippen molar-refractivity contribution in [2.24, 2.45) is 0 Å². The van der Waals surface area contributed by atoms with Gasteiger partial charge in [0.1, 0.15) is 6.54 Å². The second-order valence-electron chi connectivity index (χ2n) is 3.93. The monoisotopic (exact) mass is 271 g/mol. The highest BCUT2D eigenvalue weighted by molar-refractivity contribution is 5.96. The van der Waals surface area contributed by atoms with Crippen molar-refractivity contribution in [3.05, 3.63) is 35.4 Å². The van der Waals surface area contributed by atoms with Gasteiger partial charge in [0, 0.05) is 12.1 Å². The maximum Gasteiger partial charge on any atom is 0.325 e. The topological polar surface area (TPSA) is 46.6 Å². The fourth-order valence-corrected chi connectivity index (χ4v) is 1.55. The summed E-state index contributed by atoms with van der Waals surface area (Å²) in [5.74, 6) is -3.22. The molecule has 0 aliphatic heterocycles. The zero-order chi connectivity index (χ0) is 14.4. The zero-order valence-corrected chi connectivity index (χ0v) is 10.8. The van der Waals surface area contributed by atoms with Crippen LogP contribution in [-0.4, -0.2) is 37.0 Å². The Hall–Kier alpha value is -1.98. The molecule has 0 heterocycles. The second-order valence-corrected chi connectivity index (χ2v) is 3.93. The van der Waals surface area contributed by atoms with Crippen LogP contribution in [0.4, 0.5) is 8.78 Å². The molecule has 6 heteroatoms. The first kappa shape index (κ1) is 15.1. The van der Waals surface area contributed by atoms with E-state index in [1.807, 2.05) is 6.92 Å². The highest BCUT2D eigenvalue weighted by Gasteiger charge is 2.19. The third-order valence-electron chi connectivity index (χ3n) is 2.49. The lowest BCUT2D eigenvalue weighted by molar-refractivity contribution is -0.141. The maximum absolute atomic E-state index is 13.1. The SMILES string of the molecule is CCCN(CC(=O)OC)C(=O)c1ccc(F)c(F)c1. The molecule has 104 valence electrons. The molecule has 0 saturated carbocycles. The summed E-state index contributed by atoms with van der Waals surface area (Å²) in [6.07, 6.45) is 0.631. The number of carbonyl (C=O) groups excluding carboxylic acids is 2. The second kappa shape index (κ2) is 6.82. The van der Waals surface area contributed by atoms with E-state index >= 15 is 0 Å². The number of benzene rings is 1. The van der Waals surface area contributed by atoms with E-state index in [2.05, 4.69) is 4.74 Å². The van der Waals surface area contributed by atoms with Gasteiger partial charge in [0.05, 0.1) is 7.11 Å². The Kier molecular flexibility index (Phi) is 5.41. The number of ether oxygens (including phenoxy) is 1. The minimum atomic E-state index is -1.10. The van der Waals surface area contributed by atoms with Crippen LogP contribution in [0, 0.1) is 11.6 Å². The lowest BCUT2D eigenvalue weighted by Crippen LogP contribution is -2.36. The number of nitrogens with zero attached hydrogens (tertiary/aromatic N) is 1. The number of hydrogen-bond acceptors (Lipinski definition) is 3. The molecule has 1 aromatic carbocycles. The van der Waals surface area contributed by atoms with E-state index in [1.54, 1.807) is 0 Å². The van der Waals surface area contributed by atoms with Gasteiger partial charge >= 0.3 is 5.97 Å². The Morgan fingerprint density at radius 1 is 1.26 bits per heavy atom. The molecule has 0 aromatic heterocycles. The van der Waals surface area contributed by atoms with Gasteiger partial charge in [0.15, 0.2) is 11.6 Å². The average molecular weight is 271 g/mol. The van der Waals surface area contributed by atoms with Crippen LogP contribution < -0.4 is 0 Å². The number of halogens is 2. The molecule has 0 radical (unpaired) electrons. The number of carbonyl (C=O) groups is 2. The van der Waals surface area contributed by atoms with Gasteiger partial charge in [-0.1, -0.05) is 6.92 Å². The van der Waals surface area contributed by atoms with Crippen molar-refractivity contribution in [1.29, 1.82) is 0 Å². The number of hydrogen-bond donors (Lipinski definition) is 0.